The lowest BCUT2D eigenvalue weighted by molar-refractivity contribution is -0.118. The summed E-state index contributed by atoms with van der Waals surface area (Å²) in [6.07, 6.45) is 2.62. The van der Waals surface area contributed by atoms with Crippen molar-refractivity contribution in [1.29, 1.82) is 0 Å². The summed E-state index contributed by atoms with van der Waals surface area (Å²) in [4.78, 5) is 24.3. The minimum Gasteiger partial charge on any atom is -0.453 e. The topological polar surface area (TPSA) is 46.6 Å². The van der Waals surface area contributed by atoms with Crippen molar-refractivity contribution < 1.29 is 14.3 Å². The summed E-state index contributed by atoms with van der Waals surface area (Å²) < 4.78 is 4.69. The highest BCUT2D eigenvalue weighted by Gasteiger charge is 2.26. The molecule has 0 atom stereocenters. The molecule has 1 heterocycles. The Morgan fingerprint density at radius 3 is 2.80 bits per heavy atom. The number of rotatable bonds is 0. The van der Waals surface area contributed by atoms with Gasteiger partial charge in [0, 0.05) is 25.9 Å². The molecule has 4 nitrogen and oxygen atoms in total. The van der Waals surface area contributed by atoms with Gasteiger partial charge in [0.1, 0.15) is 5.78 Å². The molecule has 0 saturated heterocycles. The quantitative estimate of drug-likeness (QED) is 0.568. The number of nitrogens with zero attached hydrogens (tertiary/aromatic N) is 1. The van der Waals surface area contributed by atoms with Gasteiger partial charge in [-0.05, 0) is 12.8 Å². The first-order valence-electron chi connectivity index (χ1n) is 5.25. The predicted molar refractivity (Wildman–Crippen MR) is 54.5 cm³/mol. The summed E-state index contributed by atoms with van der Waals surface area (Å²) in [5.74, 6) is 0.334. The van der Waals surface area contributed by atoms with Crippen LogP contribution < -0.4 is 0 Å². The Labute approximate surface area is 88.9 Å². The highest BCUT2D eigenvalue weighted by Crippen LogP contribution is 2.29. The third-order valence-electron chi connectivity index (χ3n) is 3.11. The molecule has 0 aromatic rings. The van der Waals surface area contributed by atoms with Gasteiger partial charge in [0.25, 0.3) is 0 Å². The lowest BCUT2D eigenvalue weighted by Crippen LogP contribution is -2.38. The monoisotopic (exact) mass is 209 g/mol. The van der Waals surface area contributed by atoms with Gasteiger partial charge < -0.3 is 9.64 Å². The third kappa shape index (κ3) is 2.03. The Hall–Kier alpha value is -1.32. The van der Waals surface area contributed by atoms with Crippen LogP contribution in [0, 0.1) is 0 Å². The number of amides is 1. The van der Waals surface area contributed by atoms with Gasteiger partial charge in [0.05, 0.1) is 7.11 Å². The lowest BCUT2D eigenvalue weighted by atomic mass is 9.86. The molecule has 0 aromatic heterocycles. The maximum atomic E-state index is 11.3. The molecule has 1 amide bonds. The molecule has 4 heteroatoms. The molecule has 2 aliphatic rings. The molecular weight excluding hydrogens is 194 g/mol. The zero-order valence-corrected chi connectivity index (χ0v) is 8.91. The molecule has 0 saturated carbocycles. The molecule has 2 rings (SSSR count). The van der Waals surface area contributed by atoms with Gasteiger partial charge in [-0.25, -0.2) is 4.79 Å². The van der Waals surface area contributed by atoms with Crippen LogP contribution >= 0.6 is 0 Å². The van der Waals surface area contributed by atoms with Crippen molar-refractivity contribution in [3.8, 4) is 0 Å². The van der Waals surface area contributed by atoms with E-state index in [9.17, 15) is 9.59 Å². The average molecular weight is 209 g/mol. The molecular formula is C11H15NO3. The summed E-state index contributed by atoms with van der Waals surface area (Å²) in [5.41, 5.74) is 2.53. The van der Waals surface area contributed by atoms with Crippen molar-refractivity contribution >= 4 is 11.9 Å². The molecule has 1 aliphatic carbocycles. The van der Waals surface area contributed by atoms with Crippen molar-refractivity contribution in [1.82, 2.24) is 4.90 Å². The zero-order valence-electron chi connectivity index (χ0n) is 8.91. The van der Waals surface area contributed by atoms with E-state index >= 15 is 0 Å². The number of hydrogen-bond donors (Lipinski definition) is 0. The normalized spacial score (nSPS) is 21.4. The molecule has 0 N–H and O–H groups in total. The van der Waals surface area contributed by atoms with Gasteiger partial charge in [-0.1, -0.05) is 11.1 Å². The predicted octanol–water partition coefficient (Wildman–Crippen LogP) is 1.51. The van der Waals surface area contributed by atoms with E-state index in [1.807, 2.05) is 0 Å². The van der Waals surface area contributed by atoms with Crippen LogP contribution in [0.15, 0.2) is 11.1 Å². The van der Waals surface area contributed by atoms with Crippen LogP contribution in [0.2, 0.25) is 0 Å². The van der Waals surface area contributed by atoms with E-state index < -0.39 is 0 Å². The van der Waals surface area contributed by atoms with E-state index in [1.165, 1.54) is 18.3 Å². The van der Waals surface area contributed by atoms with Crippen LogP contribution in [0.5, 0.6) is 0 Å². The fourth-order valence-corrected chi connectivity index (χ4v) is 2.24. The van der Waals surface area contributed by atoms with Gasteiger partial charge in [-0.15, -0.1) is 0 Å². The SMILES string of the molecule is COC(=O)N1CCC2=C(CCC(=O)C2)C1. The maximum absolute atomic E-state index is 11.3. The maximum Gasteiger partial charge on any atom is 0.409 e. The van der Waals surface area contributed by atoms with Gasteiger partial charge in [-0.2, -0.15) is 0 Å². The van der Waals surface area contributed by atoms with E-state index in [2.05, 4.69) is 4.74 Å². The van der Waals surface area contributed by atoms with E-state index in [1.54, 1.807) is 4.90 Å². The summed E-state index contributed by atoms with van der Waals surface area (Å²) in [6, 6.07) is 0. The Balaban J connectivity index is 2.08. The highest BCUT2D eigenvalue weighted by molar-refractivity contribution is 5.83. The average Bonchev–Trinajstić information content (AvgIpc) is 2.27. The number of ketones is 1. The van der Waals surface area contributed by atoms with Crippen LogP contribution in [0.25, 0.3) is 0 Å². The number of hydrogen-bond acceptors (Lipinski definition) is 3. The second-order valence-corrected chi connectivity index (χ2v) is 4.06. The fraction of sp³-hybridized carbons (Fsp3) is 0.636. The van der Waals surface area contributed by atoms with Crippen molar-refractivity contribution in [2.45, 2.75) is 25.7 Å². The molecule has 0 aromatic carbocycles. The Morgan fingerprint density at radius 2 is 2.07 bits per heavy atom. The summed E-state index contributed by atoms with van der Waals surface area (Å²) in [6.45, 7) is 1.33. The molecule has 0 unspecified atom stereocenters. The van der Waals surface area contributed by atoms with Crippen LogP contribution in [0.3, 0.4) is 0 Å². The van der Waals surface area contributed by atoms with Gasteiger partial charge >= 0.3 is 6.09 Å². The highest BCUT2D eigenvalue weighted by atomic mass is 16.5. The molecule has 0 fully saturated rings. The summed E-state index contributed by atoms with van der Waals surface area (Å²) in [7, 11) is 1.40. The lowest BCUT2D eigenvalue weighted by Gasteiger charge is -2.31. The minimum atomic E-state index is -0.265. The molecule has 0 spiro atoms. The Kier molecular flexibility index (Phi) is 2.75. The van der Waals surface area contributed by atoms with Gasteiger partial charge in [0.2, 0.25) is 0 Å². The van der Waals surface area contributed by atoms with E-state index in [0.717, 1.165) is 12.8 Å². The fourth-order valence-electron chi connectivity index (χ4n) is 2.24. The van der Waals surface area contributed by atoms with Crippen LogP contribution in [0.1, 0.15) is 25.7 Å². The molecule has 0 radical (unpaired) electrons. The van der Waals surface area contributed by atoms with Crippen LogP contribution in [-0.2, 0) is 9.53 Å². The molecule has 82 valence electrons. The number of carbonyl (C=O) groups excluding carboxylic acids is 2. The first-order valence-corrected chi connectivity index (χ1v) is 5.25. The number of Topliss-reactive ketones (excluding diaryl/α,β-unsaturated/α-hetero) is 1. The number of ether oxygens (including phenoxy) is 1. The van der Waals surface area contributed by atoms with Crippen LogP contribution in [0.4, 0.5) is 4.79 Å². The number of methoxy groups -OCH3 is 1. The van der Waals surface area contributed by atoms with Gasteiger partial charge in [-0.3, -0.25) is 4.79 Å². The second kappa shape index (κ2) is 4.04. The smallest absolute Gasteiger partial charge is 0.409 e. The third-order valence-corrected chi connectivity index (χ3v) is 3.11. The van der Waals surface area contributed by atoms with Crippen molar-refractivity contribution in [2.24, 2.45) is 0 Å². The number of carbonyl (C=O) groups is 2. The van der Waals surface area contributed by atoms with E-state index in [0.29, 0.717) is 31.7 Å². The standard InChI is InChI=1S/C11H15NO3/c1-15-11(14)12-5-4-8-6-10(13)3-2-9(8)7-12/h2-7H2,1H3. The summed E-state index contributed by atoms with van der Waals surface area (Å²) in [5, 5.41) is 0. The molecule has 0 bridgehead atoms. The zero-order chi connectivity index (χ0) is 10.8. The first kappa shape index (κ1) is 10.2. The first-order chi connectivity index (χ1) is 7.20. The Bertz CT molecular complexity index is 333. The van der Waals surface area contributed by atoms with Crippen LogP contribution in [-0.4, -0.2) is 37.0 Å². The van der Waals surface area contributed by atoms with Gasteiger partial charge in [0.15, 0.2) is 0 Å². The Morgan fingerprint density at radius 1 is 1.27 bits per heavy atom. The van der Waals surface area contributed by atoms with E-state index in [-0.39, 0.29) is 6.09 Å². The largest absolute Gasteiger partial charge is 0.453 e. The van der Waals surface area contributed by atoms with Crippen molar-refractivity contribution in [2.75, 3.05) is 20.2 Å². The molecule has 1 aliphatic heterocycles. The van der Waals surface area contributed by atoms with Crippen molar-refractivity contribution in [3.63, 3.8) is 0 Å². The summed E-state index contributed by atoms with van der Waals surface area (Å²) >= 11 is 0. The van der Waals surface area contributed by atoms with E-state index in [4.69, 9.17) is 0 Å². The second-order valence-electron chi connectivity index (χ2n) is 4.06. The van der Waals surface area contributed by atoms with Crippen molar-refractivity contribution in [3.05, 3.63) is 11.1 Å². The minimum absolute atomic E-state index is 0.265. The molecule has 15 heavy (non-hydrogen) atoms.